The highest BCUT2D eigenvalue weighted by Gasteiger charge is 2.22. The van der Waals surface area contributed by atoms with E-state index in [2.05, 4.69) is 22.6 Å². The van der Waals surface area contributed by atoms with E-state index in [1.54, 1.807) is 18.2 Å². The molecule has 1 saturated heterocycles. The number of rotatable bonds is 6. The van der Waals surface area contributed by atoms with Crippen molar-refractivity contribution in [1.82, 2.24) is 25.2 Å². The highest BCUT2D eigenvalue weighted by molar-refractivity contribution is 5.85. The van der Waals surface area contributed by atoms with Gasteiger partial charge in [-0.25, -0.2) is 4.68 Å². The number of halogens is 1. The molecule has 0 bridgehead atoms. The lowest BCUT2D eigenvalue weighted by Gasteiger charge is -2.32. The van der Waals surface area contributed by atoms with E-state index in [9.17, 15) is 9.59 Å². The number of nitrogens with one attached hydrogen (secondary N) is 1. The van der Waals surface area contributed by atoms with Gasteiger partial charge < -0.3 is 10.2 Å². The molecule has 0 radical (unpaired) electrons. The fraction of sp³-hybridized carbons (Fsp3) is 0.556. The van der Waals surface area contributed by atoms with Crippen LogP contribution in [0.3, 0.4) is 0 Å². The number of piperidine rings is 1. The highest BCUT2D eigenvalue weighted by Crippen LogP contribution is 2.17. The van der Waals surface area contributed by atoms with Gasteiger partial charge in [0.2, 0.25) is 5.91 Å². The van der Waals surface area contributed by atoms with Crippen LogP contribution in [0.2, 0.25) is 0 Å². The molecule has 3 rings (SSSR count). The predicted octanol–water partition coefficient (Wildman–Crippen LogP) is 1.45. The maximum absolute atomic E-state index is 12.4. The molecule has 0 aliphatic carbocycles. The third kappa shape index (κ3) is 4.80. The number of amides is 1. The summed E-state index contributed by atoms with van der Waals surface area (Å²) in [6.07, 6.45) is 2.35. The Morgan fingerprint density at radius 1 is 1.27 bits per heavy atom. The first kappa shape index (κ1) is 20.3. The number of carbonyl (C=O) groups is 1. The Labute approximate surface area is 159 Å². The van der Waals surface area contributed by atoms with E-state index in [0.29, 0.717) is 16.8 Å². The van der Waals surface area contributed by atoms with Gasteiger partial charge >= 0.3 is 0 Å². The first-order valence-electron chi connectivity index (χ1n) is 9.00. The monoisotopic (exact) mass is 379 g/mol. The second-order valence-corrected chi connectivity index (χ2v) is 6.52. The van der Waals surface area contributed by atoms with Crippen molar-refractivity contribution in [3.8, 4) is 0 Å². The second-order valence-electron chi connectivity index (χ2n) is 6.52. The molecule has 142 valence electrons. The minimum absolute atomic E-state index is 0. The van der Waals surface area contributed by atoms with E-state index in [0.717, 1.165) is 39.0 Å². The molecule has 1 amide bonds. The number of nitrogens with zero attached hydrogens (tertiary/aromatic N) is 4. The van der Waals surface area contributed by atoms with Gasteiger partial charge in [-0.05, 0) is 44.0 Å². The maximum atomic E-state index is 12.4. The molecule has 0 unspecified atom stereocenters. The zero-order valence-corrected chi connectivity index (χ0v) is 15.9. The molecule has 8 heteroatoms. The SMILES string of the molecule is CCNCC1CCN(C(=O)CCn2nnc3ccccc3c2=O)CC1.Cl. The maximum Gasteiger partial charge on any atom is 0.277 e. The summed E-state index contributed by atoms with van der Waals surface area (Å²) in [5, 5.41) is 11.9. The summed E-state index contributed by atoms with van der Waals surface area (Å²) in [6, 6.07) is 7.12. The van der Waals surface area contributed by atoms with Crippen LogP contribution in [0.5, 0.6) is 0 Å². The van der Waals surface area contributed by atoms with Gasteiger partial charge in [0.15, 0.2) is 0 Å². The van der Waals surface area contributed by atoms with Gasteiger partial charge in [0.25, 0.3) is 5.56 Å². The molecule has 7 nitrogen and oxygen atoms in total. The molecule has 2 heterocycles. The third-order valence-corrected chi connectivity index (χ3v) is 4.82. The largest absolute Gasteiger partial charge is 0.343 e. The van der Waals surface area contributed by atoms with Gasteiger partial charge in [-0.1, -0.05) is 24.3 Å². The smallest absolute Gasteiger partial charge is 0.277 e. The minimum Gasteiger partial charge on any atom is -0.343 e. The standard InChI is InChI=1S/C18H25N5O2.ClH/c1-2-19-13-14-7-10-22(11-8-14)17(24)9-12-23-18(25)15-5-3-4-6-16(15)20-21-23;/h3-6,14,19H,2,7-13H2,1H3;1H. The highest BCUT2D eigenvalue weighted by atomic mass is 35.5. The van der Waals surface area contributed by atoms with Crippen LogP contribution in [-0.4, -0.2) is 52.0 Å². The van der Waals surface area contributed by atoms with Crippen molar-refractivity contribution in [1.29, 1.82) is 0 Å². The van der Waals surface area contributed by atoms with E-state index in [-0.39, 0.29) is 36.8 Å². The van der Waals surface area contributed by atoms with Crippen LogP contribution in [0.15, 0.2) is 29.1 Å². The normalized spacial score (nSPS) is 15.0. The molecular weight excluding hydrogens is 354 g/mol. The van der Waals surface area contributed by atoms with Crippen molar-refractivity contribution >= 4 is 29.2 Å². The van der Waals surface area contributed by atoms with Gasteiger partial charge in [0.1, 0.15) is 5.52 Å². The van der Waals surface area contributed by atoms with E-state index in [1.807, 2.05) is 11.0 Å². The van der Waals surface area contributed by atoms with Crippen molar-refractivity contribution < 1.29 is 4.79 Å². The number of hydrogen-bond donors (Lipinski definition) is 1. The minimum atomic E-state index is -0.192. The second kappa shape index (κ2) is 9.64. The first-order valence-corrected chi connectivity index (χ1v) is 9.00. The lowest BCUT2D eigenvalue weighted by molar-refractivity contribution is -0.132. The van der Waals surface area contributed by atoms with Crippen LogP contribution < -0.4 is 10.9 Å². The van der Waals surface area contributed by atoms with Gasteiger partial charge in [-0.15, -0.1) is 17.5 Å². The molecular formula is C18H26ClN5O2. The number of benzene rings is 1. The molecule has 0 saturated carbocycles. The Morgan fingerprint density at radius 2 is 2.00 bits per heavy atom. The van der Waals surface area contributed by atoms with Crippen LogP contribution in [0.25, 0.3) is 10.9 Å². The molecule has 1 aromatic heterocycles. The predicted molar refractivity (Wildman–Crippen MR) is 104 cm³/mol. The summed E-state index contributed by atoms with van der Waals surface area (Å²) in [7, 11) is 0. The summed E-state index contributed by atoms with van der Waals surface area (Å²) < 4.78 is 1.29. The molecule has 0 atom stereocenters. The Morgan fingerprint density at radius 3 is 2.73 bits per heavy atom. The molecule has 26 heavy (non-hydrogen) atoms. The summed E-state index contributed by atoms with van der Waals surface area (Å²) >= 11 is 0. The average molecular weight is 380 g/mol. The number of aryl methyl sites for hydroxylation is 1. The Bertz CT molecular complexity index is 786. The lowest BCUT2D eigenvalue weighted by atomic mass is 9.96. The Kier molecular flexibility index (Phi) is 7.53. The molecule has 0 spiro atoms. The lowest BCUT2D eigenvalue weighted by Crippen LogP contribution is -2.41. The summed E-state index contributed by atoms with van der Waals surface area (Å²) in [5.74, 6) is 0.738. The zero-order valence-electron chi connectivity index (χ0n) is 15.1. The van der Waals surface area contributed by atoms with Gasteiger partial charge in [-0.3, -0.25) is 9.59 Å². The van der Waals surface area contributed by atoms with Gasteiger partial charge in [0.05, 0.1) is 11.9 Å². The van der Waals surface area contributed by atoms with Crippen molar-refractivity contribution in [3.63, 3.8) is 0 Å². The first-order chi connectivity index (χ1) is 12.2. The molecule has 1 aliphatic heterocycles. The number of aromatic nitrogens is 3. The Balaban J connectivity index is 0.00000243. The van der Waals surface area contributed by atoms with Crippen molar-refractivity contribution in [3.05, 3.63) is 34.6 Å². The number of hydrogen-bond acceptors (Lipinski definition) is 5. The van der Waals surface area contributed by atoms with Crippen LogP contribution in [0, 0.1) is 5.92 Å². The van der Waals surface area contributed by atoms with E-state index in [4.69, 9.17) is 0 Å². The van der Waals surface area contributed by atoms with Crippen LogP contribution in [-0.2, 0) is 11.3 Å². The molecule has 2 aromatic rings. The fourth-order valence-electron chi connectivity index (χ4n) is 3.26. The van der Waals surface area contributed by atoms with Crippen molar-refractivity contribution in [2.75, 3.05) is 26.2 Å². The van der Waals surface area contributed by atoms with Gasteiger partial charge in [0, 0.05) is 19.5 Å². The van der Waals surface area contributed by atoms with E-state index >= 15 is 0 Å². The summed E-state index contributed by atoms with van der Waals surface area (Å²) in [5.41, 5.74) is 0.389. The fourth-order valence-corrected chi connectivity index (χ4v) is 3.26. The topological polar surface area (TPSA) is 80.1 Å². The number of likely N-dealkylation sites (tertiary alicyclic amines) is 1. The molecule has 1 N–H and O–H groups in total. The molecule has 1 fully saturated rings. The average Bonchev–Trinajstić information content (AvgIpc) is 2.66. The quantitative estimate of drug-likeness (QED) is 0.821. The summed E-state index contributed by atoms with van der Waals surface area (Å²) in [4.78, 5) is 26.7. The summed E-state index contributed by atoms with van der Waals surface area (Å²) in [6.45, 7) is 5.99. The zero-order chi connectivity index (χ0) is 17.6. The van der Waals surface area contributed by atoms with Crippen LogP contribution in [0.4, 0.5) is 0 Å². The van der Waals surface area contributed by atoms with E-state index in [1.165, 1.54) is 4.68 Å². The third-order valence-electron chi connectivity index (χ3n) is 4.82. The van der Waals surface area contributed by atoms with Crippen LogP contribution in [0.1, 0.15) is 26.2 Å². The number of carbonyl (C=O) groups excluding carboxylic acids is 1. The molecule has 1 aromatic carbocycles. The van der Waals surface area contributed by atoms with E-state index < -0.39 is 0 Å². The molecule has 1 aliphatic rings. The van der Waals surface area contributed by atoms with Crippen molar-refractivity contribution in [2.45, 2.75) is 32.7 Å². The Hall–Kier alpha value is -1.99. The van der Waals surface area contributed by atoms with Gasteiger partial charge in [-0.2, -0.15) is 0 Å². The van der Waals surface area contributed by atoms with Crippen molar-refractivity contribution in [2.24, 2.45) is 5.92 Å². The van der Waals surface area contributed by atoms with Crippen LogP contribution >= 0.6 is 12.4 Å². The number of fused-ring (bicyclic) bond motifs is 1.